The first-order valence-electron chi connectivity index (χ1n) is 14.3. The predicted octanol–water partition coefficient (Wildman–Crippen LogP) is 6.53. The maximum Gasteiger partial charge on any atom is 0.252 e. The summed E-state index contributed by atoms with van der Waals surface area (Å²) in [6.07, 6.45) is 5.79. The van der Waals surface area contributed by atoms with Crippen LogP contribution in [0.3, 0.4) is 0 Å². The quantitative estimate of drug-likeness (QED) is 0.0935. The van der Waals surface area contributed by atoms with Gasteiger partial charge in [-0.25, -0.2) is 4.99 Å². The molecule has 42 heavy (non-hydrogen) atoms. The van der Waals surface area contributed by atoms with Crippen LogP contribution in [0.4, 0.5) is 0 Å². The van der Waals surface area contributed by atoms with Crippen molar-refractivity contribution in [3.05, 3.63) is 118 Å². The second-order valence-corrected chi connectivity index (χ2v) is 10.0. The summed E-state index contributed by atoms with van der Waals surface area (Å²) in [6.45, 7) is 3.19. The van der Waals surface area contributed by atoms with E-state index in [9.17, 15) is 4.79 Å². The average molecular weight is 568 g/mol. The molecule has 0 bridgehead atoms. The van der Waals surface area contributed by atoms with Gasteiger partial charge in [-0.05, 0) is 52.9 Å². The lowest BCUT2D eigenvalue weighted by atomic mass is 9.82. The van der Waals surface area contributed by atoms with E-state index in [0.29, 0.717) is 36.8 Å². The van der Waals surface area contributed by atoms with Gasteiger partial charge >= 0.3 is 0 Å². The zero-order chi connectivity index (χ0) is 29.6. The van der Waals surface area contributed by atoms with E-state index < -0.39 is 11.6 Å². The SMILES string of the molecule is CCCCNC(=O)[C@]1(C/C=C/c2ccccc2)N=C(c2ccc(OCCCO)cc2)O[C@@H]1c1ccccc1CN=[N+]=[N-]. The fourth-order valence-electron chi connectivity index (χ4n) is 4.80. The normalized spacial score (nSPS) is 17.8. The van der Waals surface area contributed by atoms with E-state index >= 15 is 0 Å². The molecule has 4 rings (SSSR count). The van der Waals surface area contributed by atoms with Crippen molar-refractivity contribution >= 4 is 17.9 Å². The van der Waals surface area contributed by atoms with Crippen LogP contribution in [0.1, 0.15) is 61.0 Å². The number of rotatable bonds is 15. The minimum Gasteiger partial charge on any atom is -0.494 e. The van der Waals surface area contributed by atoms with E-state index in [1.807, 2.05) is 91.0 Å². The van der Waals surface area contributed by atoms with Crippen molar-refractivity contribution in [2.24, 2.45) is 10.1 Å². The van der Waals surface area contributed by atoms with Crippen LogP contribution in [-0.2, 0) is 16.1 Å². The molecular formula is C33H37N5O4. The van der Waals surface area contributed by atoms with E-state index in [4.69, 9.17) is 25.1 Å². The number of amides is 1. The molecule has 0 aromatic heterocycles. The highest BCUT2D eigenvalue weighted by atomic mass is 16.5. The topological polar surface area (TPSA) is 129 Å². The molecule has 1 amide bonds. The third kappa shape index (κ3) is 7.57. The first kappa shape index (κ1) is 30.4. The van der Waals surface area contributed by atoms with Gasteiger partial charge in [-0.3, -0.25) is 4.79 Å². The summed E-state index contributed by atoms with van der Waals surface area (Å²) < 4.78 is 12.3. The standard InChI is InChI=1S/C33H37N5O4/c1-2-3-21-35-32(40)33(20-9-13-25-11-5-4-6-12-25)30(29-15-8-7-14-27(29)24-36-38-34)42-31(37-33)26-16-18-28(19-17-26)41-23-10-22-39/h4-9,11-19,30,39H,2-3,10,20-24H2,1H3,(H,35,40)/b13-9+/t30-,33-/m1/s1. The van der Waals surface area contributed by atoms with Gasteiger partial charge < -0.3 is 19.9 Å². The summed E-state index contributed by atoms with van der Waals surface area (Å²) in [5, 5.41) is 15.9. The number of azide groups is 1. The van der Waals surface area contributed by atoms with Crippen LogP contribution in [-0.4, -0.2) is 42.2 Å². The van der Waals surface area contributed by atoms with Crippen LogP contribution in [0, 0.1) is 0 Å². The van der Waals surface area contributed by atoms with Crippen molar-refractivity contribution in [3.8, 4) is 5.75 Å². The minimum atomic E-state index is -1.31. The average Bonchev–Trinajstić information content (AvgIpc) is 3.42. The van der Waals surface area contributed by atoms with Crippen molar-refractivity contribution in [1.82, 2.24) is 5.32 Å². The predicted molar refractivity (Wildman–Crippen MR) is 164 cm³/mol. The fourth-order valence-corrected chi connectivity index (χ4v) is 4.80. The summed E-state index contributed by atoms with van der Waals surface area (Å²) in [4.78, 5) is 22.1. The maximum absolute atomic E-state index is 14.1. The van der Waals surface area contributed by atoms with Crippen molar-refractivity contribution in [3.63, 3.8) is 0 Å². The number of unbranched alkanes of at least 4 members (excludes halogenated alkanes) is 1. The number of ether oxygens (including phenoxy) is 2. The van der Waals surface area contributed by atoms with Gasteiger partial charge in [0.2, 0.25) is 5.90 Å². The number of aliphatic hydroxyl groups excluding tert-OH is 1. The lowest BCUT2D eigenvalue weighted by Crippen LogP contribution is -2.48. The zero-order valence-electron chi connectivity index (χ0n) is 23.9. The smallest absolute Gasteiger partial charge is 0.252 e. The molecule has 1 aliphatic rings. The zero-order valence-corrected chi connectivity index (χ0v) is 23.9. The molecule has 0 aliphatic carbocycles. The molecule has 0 spiro atoms. The highest BCUT2D eigenvalue weighted by Crippen LogP contribution is 2.44. The third-order valence-corrected chi connectivity index (χ3v) is 7.03. The first-order chi connectivity index (χ1) is 20.6. The molecular weight excluding hydrogens is 530 g/mol. The molecule has 0 fully saturated rings. The minimum absolute atomic E-state index is 0.0619. The molecule has 3 aromatic carbocycles. The van der Waals surface area contributed by atoms with Crippen LogP contribution < -0.4 is 10.1 Å². The number of aliphatic imine (C=N–C) groups is 1. The van der Waals surface area contributed by atoms with E-state index in [2.05, 4.69) is 22.3 Å². The number of aliphatic hydroxyl groups is 1. The lowest BCUT2D eigenvalue weighted by molar-refractivity contribution is -0.128. The molecule has 9 heteroatoms. The largest absolute Gasteiger partial charge is 0.494 e. The van der Waals surface area contributed by atoms with Gasteiger partial charge in [0, 0.05) is 36.5 Å². The lowest BCUT2D eigenvalue weighted by Gasteiger charge is -2.31. The van der Waals surface area contributed by atoms with E-state index in [-0.39, 0.29) is 25.5 Å². The van der Waals surface area contributed by atoms with Gasteiger partial charge in [-0.1, -0.05) is 85.2 Å². The molecule has 218 valence electrons. The molecule has 1 aliphatic heterocycles. The molecule has 2 N–H and O–H groups in total. The third-order valence-electron chi connectivity index (χ3n) is 7.03. The molecule has 0 radical (unpaired) electrons. The Morgan fingerprint density at radius 2 is 1.88 bits per heavy atom. The summed E-state index contributed by atoms with van der Waals surface area (Å²) >= 11 is 0. The Hall–Kier alpha value is -4.59. The monoisotopic (exact) mass is 567 g/mol. The van der Waals surface area contributed by atoms with Crippen LogP contribution in [0.5, 0.6) is 5.75 Å². The Morgan fingerprint density at radius 1 is 1.12 bits per heavy atom. The molecule has 0 saturated heterocycles. The van der Waals surface area contributed by atoms with Gasteiger partial charge in [-0.2, -0.15) is 0 Å². The second-order valence-electron chi connectivity index (χ2n) is 10.0. The number of hydrogen-bond acceptors (Lipinski definition) is 6. The molecule has 0 saturated carbocycles. The summed E-state index contributed by atoms with van der Waals surface area (Å²) in [7, 11) is 0. The van der Waals surface area contributed by atoms with Crippen LogP contribution in [0.25, 0.3) is 16.5 Å². The van der Waals surface area contributed by atoms with E-state index in [0.717, 1.165) is 29.5 Å². The Labute approximate surface area is 246 Å². The highest BCUT2D eigenvalue weighted by molar-refractivity contribution is 6.01. The number of carbonyl (C=O) groups is 1. The van der Waals surface area contributed by atoms with Gasteiger partial charge in [0.05, 0.1) is 13.2 Å². The maximum atomic E-state index is 14.1. The Morgan fingerprint density at radius 3 is 2.62 bits per heavy atom. The van der Waals surface area contributed by atoms with Gasteiger partial charge in [0.1, 0.15) is 5.75 Å². The Bertz CT molecular complexity index is 1420. The summed E-state index contributed by atoms with van der Waals surface area (Å²) in [5.74, 6) is 0.784. The van der Waals surface area contributed by atoms with Crippen molar-refractivity contribution in [2.75, 3.05) is 19.8 Å². The summed E-state index contributed by atoms with van der Waals surface area (Å²) in [5.41, 5.74) is 10.9. The van der Waals surface area contributed by atoms with Crippen molar-refractivity contribution in [1.29, 1.82) is 0 Å². The Kier molecular flexibility index (Phi) is 11.2. The molecule has 1 heterocycles. The first-order valence-corrected chi connectivity index (χ1v) is 14.3. The van der Waals surface area contributed by atoms with E-state index in [1.165, 1.54) is 0 Å². The molecule has 2 atom stereocenters. The number of nitrogens with one attached hydrogen (secondary N) is 1. The second kappa shape index (κ2) is 15.4. The fraction of sp³-hybridized carbons (Fsp3) is 0.333. The van der Waals surface area contributed by atoms with Crippen LogP contribution in [0.2, 0.25) is 0 Å². The highest BCUT2D eigenvalue weighted by Gasteiger charge is 2.52. The van der Waals surface area contributed by atoms with Crippen molar-refractivity contribution in [2.45, 2.75) is 50.8 Å². The summed E-state index contributed by atoms with van der Waals surface area (Å²) in [6, 6.07) is 24.8. The number of benzene rings is 3. The number of hydrogen-bond donors (Lipinski definition) is 2. The number of nitrogens with zero attached hydrogens (tertiary/aromatic N) is 4. The van der Waals surface area contributed by atoms with Gasteiger partial charge in [-0.15, -0.1) is 0 Å². The molecule has 9 nitrogen and oxygen atoms in total. The Balaban J connectivity index is 1.77. The molecule has 3 aromatic rings. The van der Waals surface area contributed by atoms with Gasteiger partial charge in [0.15, 0.2) is 11.6 Å². The number of carbonyl (C=O) groups excluding carboxylic acids is 1. The van der Waals surface area contributed by atoms with Crippen molar-refractivity contribution < 1.29 is 19.4 Å². The van der Waals surface area contributed by atoms with Crippen LogP contribution in [0.15, 0.2) is 95.0 Å². The van der Waals surface area contributed by atoms with Crippen LogP contribution >= 0.6 is 0 Å². The van der Waals surface area contributed by atoms with Gasteiger partial charge in [0.25, 0.3) is 5.91 Å². The van der Waals surface area contributed by atoms with E-state index in [1.54, 1.807) is 0 Å². The molecule has 0 unspecified atom stereocenters.